The number of aromatic amines is 1. The van der Waals surface area contributed by atoms with Crippen LogP contribution in [0.5, 0.6) is 5.75 Å². The maximum absolute atomic E-state index is 12.1. The Balaban J connectivity index is 1.55. The molecule has 2 fully saturated rings. The maximum atomic E-state index is 12.1. The minimum absolute atomic E-state index is 0.163. The summed E-state index contributed by atoms with van der Waals surface area (Å²) in [5.41, 5.74) is -1.24. The third kappa shape index (κ3) is 3.08. The van der Waals surface area contributed by atoms with Crippen molar-refractivity contribution in [2.24, 2.45) is 0 Å². The Labute approximate surface area is 154 Å². The fourth-order valence-corrected chi connectivity index (χ4v) is 3.52. The number of nitrogens with zero attached hydrogens (tertiary/aromatic N) is 1. The lowest BCUT2D eigenvalue weighted by Gasteiger charge is -2.29. The van der Waals surface area contributed by atoms with Crippen molar-refractivity contribution < 1.29 is 24.1 Å². The number of hydrogen-bond acceptors (Lipinski definition) is 7. The van der Waals surface area contributed by atoms with E-state index in [2.05, 4.69) is 4.98 Å². The van der Waals surface area contributed by atoms with E-state index in [1.807, 2.05) is 24.3 Å². The van der Waals surface area contributed by atoms with Crippen LogP contribution in [0.4, 0.5) is 0 Å². The van der Waals surface area contributed by atoms with Crippen molar-refractivity contribution in [1.29, 1.82) is 0 Å². The van der Waals surface area contributed by atoms with E-state index in [1.54, 1.807) is 7.11 Å². The summed E-state index contributed by atoms with van der Waals surface area (Å²) in [6, 6.07) is 8.66. The molecule has 9 heteroatoms. The van der Waals surface area contributed by atoms with Gasteiger partial charge in [-0.05, 0) is 17.7 Å². The number of hydrogen-bond donors (Lipinski definition) is 2. The molecule has 4 rings (SSSR count). The first kappa shape index (κ1) is 17.9. The van der Waals surface area contributed by atoms with Crippen LogP contribution in [0.25, 0.3) is 0 Å². The molecule has 1 aromatic heterocycles. The predicted octanol–water partition coefficient (Wildman–Crippen LogP) is -0.211. The van der Waals surface area contributed by atoms with E-state index in [1.165, 1.54) is 16.8 Å². The molecule has 0 aliphatic carbocycles. The number of methoxy groups -OCH3 is 1. The Morgan fingerprint density at radius 1 is 1.30 bits per heavy atom. The number of rotatable bonds is 6. The first-order valence-electron chi connectivity index (χ1n) is 8.52. The van der Waals surface area contributed by atoms with Gasteiger partial charge in [-0.15, -0.1) is 0 Å². The van der Waals surface area contributed by atoms with Gasteiger partial charge in [0.25, 0.3) is 5.56 Å². The summed E-state index contributed by atoms with van der Waals surface area (Å²) in [4.78, 5) is 25.6. The van der Waals surface area contributed by atoms with Crippen molar-refractivity contribution in [2.75, 3.05) is 20.3 Å². The third-order valence-electron chi connectivity index (χ3n) is 4.96. The van der Waals surface area contributed by atoms with Gasteiger partial charge in [0.1, 0.15) is 23.6 Å². The topological polar surface area (TPSA) is 112 Å². The predicted molar refractivity (Wildman–Crippen MR) is 92.6 cm³/mol. The first-order chi connectivity index (χ1) is 13.1. The number of nitrogens with one attached hydrogen (secondary N) is 1. The van der Waals surface area contributed by atoms with Gasteiger partial charge >= 0.3 is 5.69 Å². The van der Waals surface area contributed by atoms with Crippen molar-refractivity contribution >= 4 is 0 Å². The molecular formula is C18H20N2O7. The molecule has 2 bridgehead atoms. The SMILES string of the molecule is COc1ccc(CO[C@H]2[C@H]3OC[C@]2(CO)O[C@H]3n2ccc(=O)[nH]c2=O)cc1. The lowest BCUT2D eigenvalue weighted by molar-refractivity contribution is -0.189. The molecule has 2 aliphatic heterocycles. The van der Waals surface area contributed by atoms with Crippen LogP contribution in [-0.4, -0.2) is 52.8 Å². The number of aliphatic hydroxyl groups excluding tert-OH is 1. The summed E-state index contributed by atoms with van der Waals surface area (Å²) in [5.74, 6) is 0.746. The molecule has 0 saturated carbocycles. The van der Waals surface area contributed by atoms with Crippen LogP contribution in [0.15, 0.2) is 46.1 Å². The van der Waals surface area contributed by atoms with Crippen molar-refractivity contribution in [1.82, 2.24) is 9.55 Å². The molecule has 9 nitrogen and oxygen atoms in total. The van der Waals surface area contributed by atoms with Gasteiger partial charge < -0.3 is 24.1 Å². The molecule has 4 atom stereocenters. The number of fused-ring (bicyclic) bond motifs is 2. The van der Waals surface area contributed by atoms with Gasteiger partial charge in [-0.3, -0.25) is 14.3 Å². The monoisotopic (exact) mass is 376 g/mol. The van der Waals surface area contributed by atoms with Gasteiger partial charge in [0.2, 0.25) is 0 Å². The Kier molecular flexibility index (Phi) is 4.60. The van der Waals surface area contributed by atoms with Crippen LogP contribution in [-0.2, 0) is 20.8 Å². The Hall–Kier alpha value is -2.46. The highest BCUT2D eigenvalue weighted by Gasteiger charge is 2.63. The van der Waals surface area contributed by atoms with Gasteiger partial charge in [0.05, 0.1) is 26.9 Å². The van der Waals surface area contributed by atoms with Crippen molar-refractivity contribution in [3.63, 3.8) is 0 Å². The summed E-state index contributed by atoms with van der Waals surface area (Å²) in [6.07, 6.45) is -0.592. The highest BCUT2D eigenvalue weighted by molar-refractivity contribution is 5.26. The second kappa shape index (κ2) is 6.93. The fourth-order valence-electron chi connectivity index (χ4n) is 3.52. The van der Waals surface area contributed by atoms with E-state index < -0.39 is 35.3 Å². The summed E-state index contributed by atoms with van der Waals surface area (Å²) >= 11 is 0. The Morgan fingerprint density at radius 3 is 2.74 bits per heavy atom. The highest BCUT2D eigenvalue weighted by atomic mass is 16.7. The zero-order chi connectivity index (χ0) is 19.0. The number of benzene rings is 1. The second-order valence-corrected chi connectivity index (χ2v) is 6.60. The highest BCUT2D eigenvalue weighted by Crippen LogP contribution is 2.46. The van der Waals surface area contributed by atoms with Crippen molar-refractivity contribution in [3.8, 4) is 5.75 Å². The van der Waals surface area contributed by atoms with Gasteiger partial charge in [0.15, 0.2) is 6.23 Å². The van der Waals surface area contributed by atoms with E-state index >= 15 is 0 Å². The molecule has 2 N–H and O–H groups in total. The largest absolute Gasteiger partial charge is 0.497 e. The quantitative estimate of drug-likeness (QED) is 0.717. The summed E-state index contributed by atoms with van der Waals surface area (Å²) in [5, 5.41) is 9.91. The molecule has 0 amide bonds. The van der Waals surface area contributed by atoms with Gasteiger partial charge in [-0.2, -0.15) is 0 Å². The normalized spacial score (nSPS) is 29.2. The summed E-state index contributed by atoms with van der Waals surface area (Å²) in [6.45, 7) is 0.133. The zero-order valence-electron chi connectivity index (χ0n) is 14.7. The van der Waals surface area contributed by atoms with Crippen molar-refractivity contribution in [2.45, 2.75) is 30.6 Å². The molecule has 144 valence electrons. The Bertz CT molecular complexity index is 922. The molecule has 27 heavy (non-hydrogen) atoms. The zero-order valence-corrected chi connectivity index (χ0v) is 14.7. The molecule has 2 aromatic rings. The molecular weight excluding hydrogens is 356 g/mol. The smallest absolute Gasteiger partial charge is 0.330 e. The molecule has 0 unspecified atom stereocenters. The standard InChI is InChI=1S/C18H20N2O7/c1-24-12-4-2-11(3-5-12)8-25-15-14-16(27-18(15,9-21)10-26-14)20-7-6-13(22)19-17(20)23/h2-7,14-16,21H,8-10H2,1H3,(H,19,22,23)/t14-,15+,16-,18+/m1/s1. The van der Waals surface area contributed by atoms with E-state index in [-0.39, 0.29) is 19.8 Å². The van der Waals surface area contributed by atoms with Crippen LogP contribution in [0.1, 0.15) is 11.8 Å². The molecule has 1 aromatic carbocycles. The van der Waals surface area contributed by atoms with E-state index in [0.717, 1.165) is 11.3 Å². The van der Waals surface area contributed by atoms with Crippen LogP contribution in [0.2, 0.25) is 0 Å². The lowest BCUT2D eigenvalue weighted by Crippen LogP contribution is -2.45. The average Bonchev–Trinajstić information content (AvgIpc) is 3.19. The second-order valence-electron chi connectivity index (χ2n) is 6.60. The maximum Gasteiger partial charge on any atom is 0.330 e. The van der Waals surface area contributed by atoms with Gasteiger partial charge in [0, 0.05) is 12.3 Å². The van der Waals surface area contributed by atoms with Crippen LogP contribution in [0.3, 0.4) is 0 Å². The molecule has 0 radical (unpaired) electrons. The summed E-state index contributed by atoms with van der Waals surface area (Å²) < 4.78 is 24.1. The van der Waals surface area contributed by atoms with Gasteiger partial charge in [-0.1, -0.05) is 12.1 Å². The minimum Gasteiger partial charge on any atom is -0.497 e. The summed E-state index contributed by atoms with van der Waals surface area (Å²) in [7, 11) is 1.60. The van der Waals surface area contributed by atoms with Crippen LogP contribution >= 0.6 is 0 Å². The first-order valence-corrected chi connectivity index (χ1v) is 8.52. The van der Waals surface area contributed by atoms with Crippen LogP contribution in [0, 0.1) is 0 Å². The van der Waals surface area contributed by atoms with Crippen LogP contribution < -0.4 is 16.0 Å². The van der Waals surface area contributed by atoms with E-state index in [0.29, 0.717) is 0 Å². The lowest BCUT2D eigenvalue weighted by atomic mass is 10.00. The number of ether oxygens (including phenoxy) is 4. The minimum atomic E-state index is -1.06. The van der Waals surface area contributed by atoms with Gasteiger partial charge in [-0.25, -0.2) is 4.79 Å². The van der Waals surface area contributed by atoms with Crippen molar-refractivity contribution in [3.05, 3.63) is 62.9 Å². The average molecular weight is 376 g/mol. The molecule has 2 saturated heterocycles. The number of aromatic nitrogens is 2. The Morgan fingerprint density at radius 2 is 2.07 bits per heavy atom. The van der Waals surface area contributed by atoms with E-state index in [9.17, 15) is 14.7 Å². The molecule has 2 aliphatic rings. The van der Waals surface area contributed by atoms with E-state index in [4.69, 9.17) is 18.9 Å². The number of aliphatic hydroxyl groups is 1. The molecule has 0 spiro atoms. The fraction of sp³-hybridized carbons (Fsp3) is 0.444. The third-order valence-corrected chi connectivity index (χ3v) is 4.96. The molecule has 3 heterocycles. The number of H-pyrrole nitrogens is 1.